The maximum atomic E-state index is 13.6. The Bertz CT molecular complexity index is 1180. The Balaban J connectivity index is 1.50. The van der Waals surface area contributed by atoms with Crippen molar-refractivity contribution in [2.45, 2.75) is 24.8 Å². The van der Waals surface area contributed by atoms with E-state index in [-0.39, 0.29) is 5.56 Å². The summed E-state index contributed by atoms with van der Waals surface area (Å²) in [7, 11) is 0. The van der Waals surface area contributed by atoms with Gasteiger partial charge >= 0.3 is 6.09 Å². The van der Waals surface area contributed by atoms with Crippen molar-refractivity contribution >= 4 is 23.6 Å². The maximum Gasteiger partial charge on any atom is 0.411 e. The van der Waals surface area contributed by atoms with E-state index < -0.39 is 49.4 Å². The molecule has 33 heavy (non-hydrogen) atoms. The van der Waals surface area contributed by atoms with E-state index in [2.05, 4.69) is 10.3 Å². The fourth-order valence-electron chi connectivity index (χ4n) is 4.14. The minimum atomic E-state index is -3.14. The molecule has 3 amide bonds. The summed E-state index contributed by atoms with van der Waals surface area (Å²) in [5.41, 5.74) is 2.74. The predicted octanol–water partition coefficient (Wildman–Crippen LogP) is 2.28. The Morgan fingerprint density at radius 1 is 1.30 bits per heavy atom. The Morgan fingerprint density at radius 2 is 2.09 bits per heavy atom. The predicted molar refractivity (Wildman–Crippen MR) is 112 cm³/mol. The highest BCUT2D eigenvalue weighted by atomic mass is 19.3. The number of nitriles is 1. The van der Waals surface area contributed by atoms with Gasteiger partial charge in [0.25, 0.3) is 11.8 Å². The molecule has 0 spiro atoms. The van der Waals surface area contributed by atoms with Gasteiger partial charge in [0.2, 0.25) is 5.91 Å². The zero-order chi connectivity index (χ0) is 23.8. The van der Waals surface area contributed by atoms with E-state index in [1.807, 2.05) is 0 Å². The van der Waals surface area contributed by atoms with E-state index in [1.54, 1.807) is 24.3 Å². The number of halogens is 2. The molecule has 0 radical (unpaired) electrons. The van der Waals surface area contributed by atoms with E-state index in [9.17, 15) is 28.3 Å². The van der Waals surface area contributed by atoms with Crippen molar-refractivity contribution in [2.75, 3.05) is 24.5 Å². The number of likely N-dealkylation sites (tertiary alicyclic amines) is 1. The number of carbonyl (C=O) groups excluding carboxylic acids is 2. The molecule has 1 aromatic heterocycles. The molecule has 0 saturated carbocycles. The number of benzene rings is 1. The summed E-state index contributed by atoms with van der Waals surface area (Å²) in [5, 5.41) is 20.8. The number of carbonyl (C=O) groups is 3. The lowest BCUT2D eigenvalue weighted by Gasteiger charge is -2.19. The van der Waals surface area contributed by atoms with Crippen LogP contribution in [0.5, 0.6) is 0 Å². The smallest absolute Gasteiger partial charge is 0.411 e. The molecule has 0 unspecified atom stereocenters. The van der Waals surface area contributed by atoms with Gasteiger partial charge in [-0.2, -0.15) is 5.26 Å². The first-order valence-electron chi connectivity index (χ1n) is 10.1. The number of hydrogen-bond acceptors (Lipinski definition) is 5. The molecule has 3 heterocycles. The number of anilines is 1. The molecule has 0 aliphatic carbocycles. The zero-order valence-electron chi connectivity index (χ0n) is 17.3. The van der Waals surface area contributed by atoms with Crippen LogP contribution in [0, 0.1) is 11.3 Å². The molecule has 1 aromatic carbocycles. The van der Waals surface area contributed by atoms with Gasteiger partial charge in [0, 0.05) is 30.9 Å². The van der Waals surface area contributed by atoms with E-state index in [1.165, 1.54) is 23.4 Å². The largest absolute Gasteiger partial charge is 0.465 e. The second-order valence-corrected chi connectivity index (χ2v) is 7.86. The van der Waals surface area contributed by atoms with Gasteiger partial charge in [-0.1, -0.05) is 6.07 Å². The summed E-state index contributed by atoms with van der Waals surface area (Å²) >= 11 is 0. The monoisotopic (exact) mass is 455 g/mol. The van der Waals surface area contributed by atoms with Crippen LogP contribution in [0.25, 0.3) is 11.1 Å². The van der Waals surface area contributed by atoms with Gasteiger partial charge in [-0.3, -0.25) is 19.5 Å². The number of pyridine rings is 1. The highest BCUT2D eigenvalue weighted by Crippen LogP contribution is 2.34. The minimum Gasteiger partial charge on any atom is -0.465 e. The standard InChI is InChI=1S/C22H19F2N5O4/c23-22(24)8-15(9-25)29(12-22)19(30)11-27-20(31)16-3-5-26-10-17(16)13-1-2-18-14(7-13)4-6-28(18)21(32)33/h1-3,5,7,10,15H,4,6,8,11-12H2,(H,27,31)(H,32,33)/t15-/m1/s1. The van der Waals surface area contributed by atoms with Crippen LogP contribution < -0.4 is 10.2 Å². The summed E-state index contributed by atoms with van der Waals surface area (Å²) in [6.07, 6.45) is 1.66. The molecule has 2 aliphatic heterocycles. The molecule has 2 N–H and O–H groups in total. The van der Waals surface area contributed by atoms with Crippen molar-refractivity contribution in [3.63, 3.8) is 0 Å². The third kappa shape index (κ3) is 4.32. The summed E-state index contributed by atoms with van der Waals surface area (Å²) in [5.74, 6) is -4.51. The zero-order valence-corrected chi connectivity index (χ0v) is 17.3. The van der Waals surface area contributed by atoms with Crippen LogP contribution in [-0.2, 0) is 11.2 Å². The molecule has 1 fully saturated rings. The summed E-state index contributed by atoms with van der Waals surface area (Å²) in [6.45, 7) is -1.05. The molecule has 9 nitrogen and oxygen atoms in total. The lowest BCUT2D eigenvalue weighted by Crippen LogP contribution is -2.43. The van der Waals surface area contributed by atoms with Crippen LogP contribution in [0.1, 0.15) is 22.3 Å². The SMILES string of the molecule is N#C[C@H]1CC(F)(F)CN1C(=O)CNC(=O)c1ccncc1-c1ccc2c(c1)CCN2C(=O)O. The normalized spacial score (nSPS) is 18.5. The van der Waals surface area contributed by atoms with Gasteiger partial charge in [0.05, 0.1) is 30.4 Å². The number of nitrogens with one attached hydrogen (secondary N) is 1. The number of amides is 3. The maximum absolute atomic E-state index is 13.6. The molecule has 1 saturated heterocycles. The highest BCUT2D eigenvalue weighted by Gasteiger charge is 2.47. The topological polar surface area (TPSA) is 127 Å². The molecular formula is C22H19F2N5O4. The van der Waals surface area contributed by atoms with Crippen LogP contribution >= 0.6 is 0 Å². The van der Waals surface area contributed by atoms with Crippen molar-refractivity contribution in [2.24, 2.45) is 0 Å². The number of aromatic nitrogens is 1. The van der Waals surface area contributed by atoms with E-state index in [0.717, 1.165) is 10.5 Å². The molecule has 1 atom stereocenters. The van der Waals surface area contributed by atoms with E-state index in [4.69, 9.17) is 5.26 Å². The molecule has 4 rings (SSSR count). The van der Waals surface area contributed by atoms with Crippen LogP contribution in [0.3, 0.4) is 0 Å². The average Bonchev–Trinajstić information content (AvgIpc) is 3.36. The van der Waals surface area contributed by atoms with Crippen molar-refractivity contribution in [1.82, 2.24) is 15.2 Å². The molecular weight excluding hydrogens is 436 g/mol. The molecule has 0 bridgehead atoms. The lowest BCUT2D eigenvalue weighted by atomic mass is 9.98. The van der Waals surface area contributed by atoms with Gasteiger partial charge in [-0.05, 0) is 35.7 Å². The second-order valence-electron chi connectivity index (χ2n) is 7.86. The molecule has 2 aromatic rings. The first kappa shape index (κ1) is 22.1. The number of nitrogens with zero attached hydrogens (tertiary/aromatic N) is 4. The van der Waals surface area contributed by atoms with E-state index >= 15 is 0 Å². The van der Waals surface area contributed by atoms with Crippen LogP contribution in [0.2, 0.25) is 0 Å². The van der Waals surface area contributed by atoms with Crippen molar-refractivity contribution in [1.29, 1.82) is 5.26 Å². The number of alkyl halides is 2. The summed E-state index contributed by atoms with van der Waals surface area (Å²) < 4.78 is 27.2. The lowest BCUT2D eigenvalue weighted by molar-refractivity contribution is -0.131. The highest BCUT2D eigenvalue weighted by molar-refractivity contribution is 6.02. The molecule has 2 aliphatic rings. The Labute approximate surface area is 187 Å². The molecule has 11 heteroatoms. The van der Waals surface area contributed by atoms with Gasteiger partial charge in [0.1, 0.15) is 6.04 Å². The van der Waals surface area contributed by atoms with E-state index in [0.29, 0.717) is 29.8 Å². The summed E-state index contributed by atoms with van der Waals surface area (Å²) in [6, 6.07) is 7.07. The Morgan fingerprint density at radius 3 is 2.82 bits per heavy atom. The second kappa shape index (κ2) is 8.46. The number of hydrogen-bond donors (Lipinski definition) is 2. The first-order valence-corrected chi connectivity index (χ1v) is 10.1. The molecule has 170 valence electrons. The fraction of sp³-hybridized carbons (Fsp3) is 0.318. The third-order valence-corrected chi connectivity index (χ3v) is 5.72. The first-order chi connectivity index (χ1) is 15.7. The number of rotatable bonds is 4. The Kier molecular flexibility index (Phi) is 5.68. The van der Waals surface area contributed by atoms with Crippen molar-refractivity contribution in [3.8, 4) is 17.2 Å². The quantitative estimate of drug-likeness (QED) is 0.728. The number of carboxylic acid groups (broad SMARTS) is 1. The Hall–Kier alpha value is -4.07. The van der Waals surface area contributed by atoms with Crippen molar-refractivity contribution in [3.05, 3.63) is 47.8 Å². The van der Waals surface area contributed by atoms with Gasteiger partial charge < -0.3 is 15.3 Å². The summed E-state index contributed by atoms with van der Waals surface area (Å²) in [4.78, 5) is 42.6. The number of fused-ring (bicyclic) bond motifs is 1. The van der Waals surface area contributed by atoms with Gasteiger partial charge in [-0.25, -0.2) is 13.6 Å². The average molecular weight is 455 g/mol. The fourth-order valence-corrected chi connectivity index (χ4v) is 4.14. The van der Waals surface area contributed by atoms with Crippen LogP contribution in [-0.4, -0.2) is 64.5 Å². The minimum absolute atomic E-state index is 0.217. The van der Waals surface area contributed by atoms with Crippen LogP contribution in [0.4, 0.5) is 19.3 Å². The van der Waals surface area contributed by atoms with Gasteiger partial charge in [0.15, 0.2) is 0 Å². The van der Waals surface area contributed by atoms with Gasteiger partial charge in [-0.15, -0.1) is 0 Å². The third-order valence-electron chi connectivity index (χ3n) is 5.72. The van der Waals surface area contributed by atoms with Crippen molar-refractivity contribution < 1.29 is 28.3 Å². The van der Waals surface area contributed by atoms with Crippen LogP contribution in [0.15, 0.2) is 36.7 Å².